The Morgan fingerprint density at radius 2 is 1.87 bits per heavy atom. The second-order valence-electron chi connectivity index (χ2n) is 6.09. The van der Waals surface area contributed by atoms with Crippen LogP contribution >= 0.6 is 27.3 Å². The molecule has 0 atom stereocenters. The first kappa shape index (κ1) is 16.7. The topological polar surface area (TPSA) is 23.6 Å². The zero-order chi connectivity index (χ0) is 16.4. The van der Waals surface area contributed by atoms with E-state index in [2.05, 4.69) is 39.0 Å². The molecule has 3 rings (SSSR count). The number of aryl methyl sites for hydroxylation is 2. The Kier molecular flexibility index (Phi) is 5.19. The van der Waals surface area contributed by atoms with Crippen LogP contribution in [0.25, 0.3) is 0 Å². The lowest BCUT2D eigenvalue weighted by atomic mass is 10.0. The van der Waals surface area contributed by atoms with E-state index in [1.807, 2.05) is 30.9 Å². The van der Waals surface area contributed by atoms with Gasteiger partial charge in [0.25, 0.3) is 5.91 Å². The summed E-state index contributed by atoms with van der Waals surface area (Å²) in [5, 5.41) is 0. The largest absolute Gasteiger partial charge is 0.336 e. The molecule has 0 saturated carbocycles. The number of thiophene rings is 1. The van der Waals surface area contributed by atoms with Crippen molar-refractivity contribution in [1.29, 1.82) is 0 Å². The van der Waals surface area contributed by atoms with Crippen LogP contribution < -0.4 is 0 Å². The summed E-state index contributed by atoms with van der Waals surface area (Å²) in [6, 6.07) is 10.4. The summed E-state index contributed by atoms with van der Waals surface area (Å²) >= 11 is 5.29. The van der Waals surface area contributed by atoms with E-state index in [1.54, 1.807) is 11.3 Å². The van der Waals surface area contributed by atoms with Gasteiger partial charge in [0, 0.05) is 43.2 Å². The van der Waals surface area contributed by atoms with Crippen LogP contribution in [0.3, 0.4) is 0 Å². The smallest absolute Gasteiger partial charge is 0.254 e. The Morgan fingerprint density at radius 1 is 1.13 bits per heavy atom. The molecule has 122 valence electrons. The normalized spacial score (nSPS) is 15.9. The quantitative estimate of drug-likeness (QED) is 0.785. The number of amides is 1. The van der Waals surface area contributed by atoms with E-state index >= 15 is 0 Å². The Hall–Kier alpha value is -1.17. The molecule has 1 saturated heterocycles. The van der Waals surface area contributed by atoms with Crippen molar-refractivity contribution >= 4 is 33.2 Å². The van der Waals surface area contributed by atoms with Gasteiger partial charge in [0.05, 0.1) is 3.79 Å². The van der Waals surface area contributed by atoms with Crippen molar-refractivity contribution < 1.29 is 4.79 Å². The molecule has 1 aliphatic rings. The molecule has 2 aromatic rings. The van der Waals surface area contributed by atoms with Gasteiger partial charge in [-0.25, -0.2) is 0 Å². The summed E-state index contributed by atoms with van der Waals surface area (Å²) in [5.74, 6) is 0.171. The van der Waals surface area contributed by atoms with E-state index in [1.165, 1.54) is 8.66 Å². The number of rotatable bonds is 3. The van der Waals surface area contributed by atoms with Crippen molar-refractivity contribution in [2.24, 2.45) is 0 Å². The third-order valence-corrected chi connectivity index (χ3v) is 5.90. The molecule has 0 spiro atoms. The molecule has 1 aliphatic heterocycles. The molecule has 23 heavy (non-hydrogen) atoms. The van der Waals surface area contributed by atoms with E-state index in [0.29, 0.717) is 0 Å². The minimum atomic E-state index is 0.171. The van der Waals surface area contributed by atoms with Gasteiger partial charge in [0.2, 0.25) is 0 Å². The predicted octanol–water partition coefficient (Wildman–Crippen LogP) is 4.09. The first-order valence-electron chi connectivity index (χ1n) is 7.86. The molecule has 5 heteroatoms. The maximum Gasteiger partial charge on any atom is 0.254 e. The molecule has 1 fully saturated rings. The number of piperazine rings is 1. The summed E-state index contributed by atoms with van der Waals surface area (Å²) < 4.78 is 1.18. The average Bonchev–Trinajstić information content (AvgIpc) is 2.95. The van der Waals surface area contributed by atoms with Gasteiger partial charge in [0.15, 0.2) is 0 Å². The minimum Gasteiger partial charge on any atom is -0.336 e. The third-order valence-electron chi connectivity index (χ3n) is 4.29. The van der Waals surface area contributed by atoms with Crippen LogP contribution in [0.5, 0.6) is 0 Å². The Labute approximate surface area is 150 Å². The lowest BCUT2D eigenvalue weighted by molar-refractivity contribution is 0.0629. The lowest BCUT2D eigenvalue weighted by Crippen LogP contribution is -2.48. The molecule has 0 aliphatic carbocycles. The Balaban J connectivity index is 1.60. The third kappa shape index (κ3) is 4.03. The fourth-order valence-electron chi connectivity index (χ4n) is 2.90. The summed E-state index contributed by atoms with van der Waals surface area (Å²) in [4.78, 5) is 18.5. The maximum absolute atomic E-state index is 12.7. The van der Waals surface area contributed by atoms with E-state index in [4.69, 9.17) is 0 Å². The van der Waals surface area contributed by atoms with Crippen molar-refractivity contribution in [3.8, 4) is 0 Å². The highest BCUT2D eigenvalue weighted by Gasteiger charge is 2.23. The van der Waals surface area contributed by atoms with Crippen LogP contribution in [0.1, 0.15) is 26.4 Å². The van der Waals surface area contributed by atoms with E-state index in [-0.39, 0.29) is 5.91 Å². The van der Waals surface area contributed by atoms with E-state index in [9.17, 15) is 4.79 Å². The predicted molar refractivity (Wildman–Crippen MR) is 99.1 cm³/mol. The number of benzene rings is 1. The summed E-state index contributed by atoms with van der Waals surface area (Å²) in [6.45, 7) is 8.50. The monoisotopic (exact) mass is 392 g/mol. The average molecular weight is 393 g/mol. The zero-order valence-electron chi connectivity index (χ0n) is 13.5. The van der Waals surface area contributed by atoms with E-state index in [0.717, 1.165) is 49.4 Å². The second-order valence-corrected chi connectivity index (χ2v) is 8.64. The summed E-state index contributed by atoms with van der Waals surface area (Å²) in [7, 11) is 0. The van der Waals surface area contributed by atoms with Crippen molar-refractivity contribution in [2.75, 3.05) is 26.2 Å². The zero-order valence-corrected chi connectivity index (χ0v) is 15.9. The number of hydrogen-bond donors (Lipinski definition) is 0. The lowest BCUT2D eigenvalue weighted by Gasteiger charge is -2.34. The molecule has 1 amide bonds. The van der Waals surface area contributed by atoms with Crippen LogP contribution in [0.15, 0.2) is 34.1 Å². The van der Waals surface area contributed by atoms with Crippen molar-refractivity contribution in [2.45, 2.75) is 20.4 Å². The van der Waals surface area contributed by atoms with Gasteiger partial charge >= 0.3 is 0 Å². The van der Waals surface area contributed by atoms with Gasteiger partial charge in [-0.05, 0) is 53.5 Å². The van der Waals surface area contributed by atoms with E-state index < -0.39 is 0 Å². The van der Waals surface area contributed by atoms with Gasteiger partial charge in [-0.1, -0.05) is 17.7 Å². The number of hydrogen-bond acceptors (Lipinski definition) is 3. The Morgan fingerprint density at radius 3 is 2.52 bits per heavy atom. The molecule has 0 radical (unpaired) electrons. The van der Waals surface area contributed by atoms with Crippen LogP contribution in [0.2, 0.25) is 0 Å². The second kappa shape index (κ2) is 7.16. The minimum absolute atomic E-state index is 0.171. The van der Waals surface area contributed by atoms with Crippen LogP contribution in [0.4, 0.5) is 0 Å². The first-order valence-corrected chi connectivity index (χ1v) is 9.47. The van der Waals surface area contributed by atoms with Gasteiger partial charge in [-0.2, -0.15) is 0 Å². The highest BCUT2D eigenvalue weighted by atomic mass is 79.9. The molecule has 0 N–H and O–H groups in total. The number of halogens is 1. The molecule has 1 aromatic heterocycles. The van der Waals surface area contributed by atoms with Gasteiger partial charge in [-0.15, -0.1) is 11.3 Å². The number of nitrogens with zero attached hydrogens (tertiary/aromatic N) is 2. The fourth-order valence-corrected chi connectivity index (χ4v) is 4.43. The fraction of sp³-hybridized carbons (Fsp3) is 0.389. The molecule has 0 unspecified atom stereocenters. The van der Waals surface area contributed by atoms with Crippen molar-refractivity contribution in [3.63, 3.8) is 0 Å². The SMILES string of the molecule is Cc1ccc(C)c(C(=O)N2CCN(Cc3ccc(Br)s3)CC2)c1. The summed E-state index contributed by atoms with van der Waals surface area (Å²) in [5.41, 5.74) is 3.05. The highest BCUT2D eigenvalue weighted by molar-refractivity contribution is 9.11. The number of carbonyl (C=O) groups excluding carboxylic acids is 1. The molecular formula is C18H21BrN2OS. The maximum atomic E-state index is 12.7. The first-order chi connectivity index (χ1) is 11.0. The van der Waals surface area contributed by atoms with Crippen LogP contribution in [-0.2, 0) is 6.54 Å². The van der Waals surface area contributed by atoms with Crippen molar-refractivity contribution in [3.05, 3.63) is 55.7 Å². The highest BCUT2D eigenvalue weighted by Crippen LogP contribution is 2.24. The molecular weight excluding hydrogens is 372 g/mol. The van der Waals surface area contributed by atoms with Crippen molar-refractivity contribution in [1.82, 2.24) is 9.80 Å². The molecule has 0 bridgehead atoms. The standard InChI is InChI=1S/C18H21BrN2OS/c1-13-3-4-14(2)16(11-13)18(22)21-9-7-20(8-10-21)12-15-5-6-17(19)23-15/h3-6,11H,7-10,12H2,1-2H3. The molecule has 2 heterocycles. The molecule has 1 aromatic carbocycles. The number of carbonyl (C=O) groups is 1. The molecule has 3 nitrogen and oxygen atoms in total. The van der Waals surface area contributed by atoms with Crippen LogP contribution in [0, 0.1) is 13.8 Å². The summed E-state index contributed by atoms with van der Waals surface area (Å²) in [6.07, 6.45) is 0. The van der Waals surface area contributed by atoms with Crippen LogP contribution in [-0.4, -0.2) is 41.9 Å². The Bertz CT molecular complexity index is 705. The van der Waals surface area contributed by atoms with Gasteiger partial charge in [-0.3, -0.25) is 9.69 Å². The van der Waals surface area contributed by atoms with Gasteiger partial charge < -0.3 is 4.90 Å². The van der Waals surface area contributed by atoms with Gasteiger partial charge in [0.1, 0.15) is 0 Å².